The highest BCUT2D eigenvalue weighted by atomic mass is 15.3. The zero-order valence-corrected chi connectivity index (χ0v) is 12.7. The van der Waals surface area contributed by atoms with Gasteiger partial charge in [-0.15, -0.1) is 0 Å². The number of nitrogen functional groups attached to an aromatic ring is 1. The lowest BCUT2D eigenvalue weighted by atomic mass is 10.0. The average molecular weight is 282 g/mol. The summed E-state index contributed by atoms with van der Waals surface area (Å²) in [6.07, 6.45) is 5.67. The molecule has 0 spiro atoms. The third-order valence-electron chi connectivity index (χ3n) is 4.19. The SMILES string of the molecule is Cc1ccc(-c2nc3c(c(NN)n2)CCCCC3)c(C)c1. The molecule has 3 N–H and O–H groups in total. The topological polar surface area (TPSA) is 63.8 Å². The van der Waals surface area contributed by atoms with Gasteiger partial charge in [0.25, 0.3) is 0 Å². The van der Waals surface area contributed by atoms with E-state index in [0.717, 1.165) is 35.7 Å². The second-order valence-electron chi connectivity index (χ2n) is 5.84. The normalized spacial score (nSPS) is 14.4. The van der Waals surface area contributed by atoms with Gasteiger partial charge in [0.1, 0.15) is 5.82 Å². The van der Waals surface area contributed by atoms with Crippen molar-refractivity contribution in [2.75, 3.05) is 5.43 Å². The molecule has 0 saturated carbocycles. The number of nitrogens with zero attached hydrogens (tertiary/aromatic N) is 2. The van der Waals surface area contributed by atoms with E-state index in [-0.39, 0.29) is 0 Å². The largest absolute Gasteiger partial charge is 0.308 e. The molecule has 0 saturated heterocycles. The van der Waals surface area contributed by atoms with Crippen molar-refractivity contribution in [1.82, 2.24) is 9.97 Å². The predicted octanol–water partition coefficient (Wildman–Crippen LogP) is 3.31. The Bertz CT molecular complexity index is 664. The maximum absolute atomic E-state index is 5.69. The van der Waals surface area contributed by atoms with Crippen LogP contribution in [0.5, 0.6) is 0 Å². The highest BCUT2D eigenvalue weighted by Crippen LogP contribution is 2.28. The fraction of sp³-hybridized carbons (Fsp3) is 0.412. The van der Waals surface area contributed by atoms with Crippen molar-refractivity contribution in [3.63, 3.8) is 0 Å². The predicted molar refractivity (Wildman–Crippen MR) is 86.0 cm³/mol. The van der Waals surface area contributed by atoms with E-state index >= 15 is 0 Å². The van der Waals surface area contributed by atoms with Crippen molar-refractivity contribution < 1.29 is 0 Å². The van der Waals surface area contributed by atoms with Gasteiger partial charge in [-0.1, -0.05) is 30.2 Å². The summed E-state index contributed by atoms with van der Waals surface area (Å²) in [6.45, 7) is 4.20. The van der Waals surface area contributed by atoms with Crippen molar-refractivity contribution >= 4 is 5.82 Å². The molecule has 1 heterocycles. The van der Waals surface area contributed by atoms with Crippen molar-refractivity contribution in [2.45, 2.75) is 46.0 Å². The number of hydrogen-bond donors (Lipinski definition) is 2. The molecule has 0 amide bonds. The third kappa shape index (κ3) is 2.76. The van der Waals surface area contributed by atoms with E-state index in [9.17, 15) is 0 Å². The Morgan fingerprint density at radius 3 is 2.62 bits per heavy atom. The Kier molecular flexibility index (Phi) is 3.88. The molecule has 2 aromatic rings. The number of hydrazine groups is 1. The van der Waals surface area contributed by atoms with Crippen molar-refractivity contribution in [3.05, 3.63) is 40.6 Å². The number of anilines is 1. The Morgan fingerprint density at radius 1 is 1.05 bits per heavy atom. The van der Waals surface area contributed by atoms with Gasteiger partial charge in [-0.05, 0) is 45.1 Å². The molecule has 4 heteroatoms. The van der Waals surface area contributed by atoms with Crippen molar-refractivity contribution in [3.8, 4) is 11.4 Å². The number of fused-ring (bicyclic) bond motifs is 1. The van der Waals surface area contributed by atoms with E-state index in [0.29, 0.717) is 0 Å². The minimum Gasteiger partial charge on any atom is -0.308 e. The fourth-order valence-electron chi connectivity index (χ4n) is 3.08. The van der Waals surface area contributed by atoms with Gasteiger partial charge >= 0.3 is 0 Å². The van der Waals surface area contributed by atoms with Crippen molar-refractivity contribution in [2.24, 2.45) is 5.84 Å². The first kappa shape index (κ1) is 14.0. The summed E-state index contributed by atoms with van der Waals surface area (Å²) in [6, 6.07) is 6.37. The molecule has 110 valence electrons. The first-order chi connectivity index (χ1) is 10.2. The summed E-state index contributed by atoms with van der Waals surface area (Å²) in [7, 11) is 0. The van der Waals surface area contributed by atoms with E-state index in [1.54, 1.807) is 0 Å². The zero-order valence-electron chi connectivity index (χ0n) is 12.7. The van der Waals surface area contributed by atoms with Crippen molar-refractivity contribution in [1.29, 1.82) is 0 Å². The molecule has 0 fully saturated rings. The fourth-order valence-corrected chi connectivity index (χ4v) is 3.08. The van der Waals surface area contributed by atoms with Gasteiger partial charge in [0.2, 0.25) is 0 Å². The van der Waals surface area contributed by atoms with Gasteiger partial charge in [-0.3, -0.25) is 0 Å². The van der Waals surface area contributed by atoms with Crippen LogP contribution in [0.4, 0.5) is 5.82 Å². The molecule has 21 heavy (non-hydrogen) atoms. The second kappa shape index (κ2) is 5.82. The van der Waals surface area contributed by atoms with E-state index < -0.39 is 0 Å². The van der Waals surface area contributed by atoms with E-state index in [1.165, 1.54) is 36.0 Å². The number of aromatic nitrogens is 2. The number of nitrogens with two attached hydrogens (primary N) is 1. The molecule has 0 atom stereocenters. The van der Waals surface area contributed by atoms with Crippen LogP contribution in [0.3, 0.4) is 0 Å². The minimum atomic E-state index is 0.779. The van der Waals surface area contributed by atoms with Crippen LogP contribution in [0.15, 0.2) is 18.2 Å². The van der Waals surface area contributed by atoms with Gasteiger partial charge < -0.3 is 5.43 Å². The Balaban J connectivity index is 2.13. The molecule has 1 aromatic heterocycles. The molecule has 0 unspecified atom stereocenters. The number of hydrogen-bond acceptors (Lipinski definition) is 4. The van der Waals surface area contributed by atoms with E-state index in [2.05, 4.69) is 42.5 Å². The minimum absolute atomic E-state index is 0.779. The summed E-state index contributed by atoms with van der Waals surface area (Å²) >= 11 is 0. The summed E-state index contributed by atoms with van der Waals surface area (Å²) in [5.74, 6) is 7.26. The maximum Gasteiger partial charge on any atom is 0.162 e. The highest BCUT2D eigenvalue weighted by Gasteiger charge is 2.17. The van der Waals surface area contributed by atoms with Gasteiger partial charge in [-0.25, -0.2) is 15.8 Å². The quantitative estimate of drug-likeness (QED) is 0.504. The lowest BCUT2D eigenvalue weighted by Crippen LogP contribution is -2.14. The van der Waals surface area contributed by atoms with Gasteiger partial charge in [0, 0.05) is 16.8 Å². The third-order valence-corrected chi connectivity index (χ3v) is 4.19. The lowest BCUT2D eigenvalue weighted by molar-refractivity contribution is 0.709. The Hall–Kier alpha value is -1.94. The first-order valence-electron chi connectivity index (χ1n) is 7.63. The number of aryl methyl sites for hydroxylation is 3. The van der Waals surface area contributed by atoms with Crippen LogP contribution < -0.4 is 11.3 Å². The number of rotatable bonds is 2. The zero-order chi connectivity index (χ0) is 14.8. The molecular formula is C17H22N4. The summed E-state index contributed by atoms with van der Waals surface area (Å²) in [5, 5.41) is 0. The van der Waals surface area contributed by atoms with Crippen LogP contribution in [0.2, 0.25) is 0 Å². The number of nitrogens with one attached hydrogen (secondary N) is 1. The summed E-state index contributed by atoms with van der Waals surface area (Å²) < 4.78 is 0. The molecule has 0 aliphatic heterocycles. The molecule has 1 aliphatic rings. The van der Waals surface area contributed by atoms with Gasteiger partial charge in [-0.2, -0.15) is 0 Å². The lowest BCUT2D eigenvalue weighted by Gasteiger charge is -2.14. The first-order valence-corrected chi connectivity index (χ1v) is 7.63. The smallest absolute Gasteiger partial charge is 0.162 e. The second-order valence-corrected chi connectivity index (χ2v) is 5.84. The molecule has 1 aliphatic carbocycles. The molecule has 0 radical (unpaired) electrons. The van der Waals surface area contributed by atoms with Gasteiger partial charge in [0.15, 0.2) is 5.82 Å². The van der Waals surface area contributed by atoms with Crippen LogP contribution in [-0.4, -0.2) is 9.97 Å². The monoisotopic (exact) mass is 282 g/mol. The molecule has 4 nitrogen and oxygen atoms in total. The Morgan fingerprint density at radius 2 is 1.86 bits per heavy atom. The molecular weight excluding hydrogens is 260 g/mol. The van der Waals surface area contributed by atoms with Crippen LogP contribution in [-0.2, 0) is 12.8 Å². The van der Waals surface area contributed by atoms with Crippen LogP contribution in [0.1, 0.15) is 41.6 Å². The highest BCUT2D eigenvalue weighted by molar-refractivity contribution is 5.63. The van der Waals surface area contributed by atoms with Gasteiger partial charge in [0.05, 0.1) is 0 Å². The summed E-state index contributed by atoms with van der Waals surface area (Å²) in [4.78, 5) is 9.50. The van der Waals surface area contributed by atoms with Crippen LogP contribution >= 0.6 is 0 Å². The van der Waals surface area contributed by atoms with E-state index in [1.807, 2.05) is 0 Å². The average Bonchev–Trinajstić information content (AvgIpc) is 2.71. The van der Waals surface area contributed by atoms with E-state index in [4.69, 9.17) is 10.8 Å². The number of benzene rings is 1. The van der Waals surface area contributed by atoms with Crippen LogP contribution in [0, 0.1) is 13.8 Å². The Labute approximate surface area is 125 Å². The maximum atomic E-state index is 5.69. The molecule has 0 bridgehead atoms. The summed E-state index contributed by atoms with van der Waals surface area (Å²) in [5.41, 5.74) is 8.67. The standard InChI is InChI=1S/C17H22N4/c1-11-8-9-13(12(2)10-11)16-19-15-7-5-3-4-6-14(15)17(20-16)21-18/h8-10H,3-7,18H2,1-2H3,(H,19,20,21). The molecule has 1 aromatic carbocycles. The van der Waals surface area contributed by atoms with Crippen LogP contribution in [0.25, 0.3) is 11.4 Å². The molecule has 3 rings (SSSR count).